The van der Waals surface area contributed by atoms with Crippen LogP contribution in [0.1, 0.15) is 0 Å². The number of thiophene rings is 1. The van der Waals surface area contributed by atoms with Gasteiger partial charge in [0.1, 0.15) is 0 Å². The third-order valence-corrected chi connectivity index (χ3v) is 11.9. The number of hydrogen-bond acceptors (Lipinski definition) is 4. The van der Waals surface area contributed by atoms with Crippen LogP contribution in [0.3, 0.4) is 0 Å². The highest BCUT2D eigenvalue weighted by Crippen LogP contribution is 2.42. The van der Waals surface area contributed by atoms with Gasteiger partial charge < -0.3 is 4.57 Å². The summed E-state index contributed by atoms with van der Waals surface area (Å²) in [6.07, 6.45) is 0. The summed E-state index contributed by atoms with van der Waals surface area (Å²) in [6, 6.07) is 68.7. The highest BCUT2D eigenvalue weighted by molar-refractivity contribution is 7.26. The first-order valence-electron chi connectivity index (χ1n) is 18.8. The average Bonchev–Trinajstić information content (AvgIpc) is 3.82. The number of para-hydroxylation sites is 1. The number of hydrogen-bond donors (Lipinski definition) is 0. The van der Waals surface area contributed by atoms with Crippen molar-refractivity contribution in [3.05, 3.63) is 194 Å². The normalized spacial score (nSPS) is 11.6. The Balaban J connectivity index is 1.01. The van der Waals surface area contributed by atoms with E-state index in [1.807, 2.05) is 60.7 Å². The molecule has 0 fully saturated rings. The molecule has 0 saturated heterocycles. The van der Waals surface area contributed by atoms with Crippen molar-refractivity contribution in [1.82, 2.24) is 19.5 Å². The fourth-order valence-corrected chi connectivity index (χ4v) is 9.20. The molecular formula is C51H32N4S. The smallest absolute Gasteiger partial charge is 0.165 e. The van der Waals surface area contributed by atoms with Gasteiger partial charge in [-0.3, -0.25) is 0 Å². The lowest BCUT2D eigenvalue weighted by molar-refractivity contribution is 1.08. The van der Waals surface area contributed by atoms with Crippen LogP contribution in [0.25, 0.3) is 104 Å². The van der Waals surface area contributed by atoms with Crippen LogP contribution in [-0.4, -0.2) is 19.5 Å². The molecule has 0 bridgehead atoms. The molecule has 3 heterocycles. The van der Waals surface area contributed by atoms with Crippen molar-refractivity contribution in [3.63, 3.8) is 0 Å². The first kappa shape index (κ1) is 32.2. The second-order valence-corrected chi connectivity index (χ2v) is 15.1. The van der Waals surface area contributed by atoms with Gasteiger partial charge in [-0.2, -0.15) is 0 Å². The SMILES string of the molecule is c1ccc(-c2ccc(-n3c4ccccc4c4cc(-c5ccc6c(c5)sc5c(-c7nc(-c8ccccc8)nc(-c8ccccc8)n7)cccc56)ccc43)cc2)cc1. The Morgan fingerprint density at radius 1 is 0.339 bits per heavy atom. The molecule has 0 N–H and O–H groups in total. The Kier molecular flexibility index (Phi) is 7.64. The summed E-state index contributed by atoms with van der Waals surface area (Å²) in [6.45, 7) is 0. The zero-order valence-electron chi connectivity index (χ0n) is 30.2. The van der Waals surface area contributed by atoms with Crippen LogP contribution < -0.4 is 0 Å². The number of fused-ring (bicyclic) bond motifs is 6. The fraction of sp³-hybridized carbons (Fsp3) is 0. The number of aromatic nitrogens is 4. The zero-order valence-corrected chi connectivity index (χ0v) is 31.0. The van der Waals surface area contributed by atoms with E-state index in [0.717, 1.165) is 22.4 Å². The van der Waals surface area contributed by atoms with Gasteiger partial charge in [-0.15, -0.1) is 11.3 Å². The van der Waals surface area contributed by atoms with Crippen molar-refractivity contribution in [1.29, 1.82) is 0 Å². The van der Waals surface area contributed by atoms with Gasteiger partial charge in [-0.25, -0.2) is 15.0 Å². The van der Waals surface area contributed by atoms with Crippen molar-refractivity contribution in [2.45, 2.75) is 0 Å². The van der Waals surface area contributed by atoms with Crippen LogP contribution in [0.2, 0.25) is 0 Å². The zero-order chi connectivity index (χ0) is 37.0. The maximum atomic E-state index is 5.06. The third-order valence-electron chi connectivity index (χ3n) is 10.7. The van der Waals surface area contributed by atoms with Gasteiger partial charge in [0.15, 0.2) is 17.5 Å². The Labute approximate surface area is 327 Å². The van der Waals surface area contributed by atoms with Crippen LogP contribution in [0, 0.1) is 0 Å². The Morgan fingerprint density at radius 2 is 0.875 bits per heavy atom. The maximum absolute atomic E-state index is 5.06. The summed E-state index contributed by atoms with van der Waals surface area (Å²) in [5.41, 5.74) is 11.3. The van der Waals surface area contributed by atoms with E-state index in [9.17, 15) is 0 Å². The molecule has 0 saturated carbocycles. The molecule has 3 aromatic heterocycles. The number of nitrogens with zero attached hydrogens (tertiary/aromatic N) is 4. The van der Waals surface area contributed by atoms with E-state index in [2.05, 4.69) is 138 Å². The van der Waals surface area contributed by atoms with E-state index >= 15 is 0 Å². The van der Waals surface area contributed by atoms with Crippen LogP contribution >= 0.6 is 11.3 Å². The molecule has 5 heteroatoms. The molecule has 0 aliphatic heterocycles. The lowest BCUT2D eigenvalue weighted by Gasteiger charge is -2.10. The van der Waals surface area contributed by atoms with E-state index in [1.165, 1.54) is 64.2 Å². The predicted molar refractivity (Wildman–Crippen MR) is 234 cm³/mol. The van der Waals surface area contributed by atoms with Gasteiger partial charge >= 0.3 is 0 Å². The monoisotopic (exact) mass is 732 g/mol. The van der Waals surface area contributed by atoms with Gasteiger partial charge in [-0.1, -0.05) is 152 Å². The van der Waals surface area contributed by atoms with Gasteiger partial charge in [-0.05, 0) is 64.7 Å². The standard InChI is InChI=1S/C51H32N4S/c1-4-13-33(14-5-1)34-23-27-39(28-24-34)55-45-22-11-10-19-40(45)44-31-37(26-30-46(44)55)38-25-29-41-42-20-12-21-43(48(42)56-47(41)32-38)51-53-49(35-15-6-2-7-16-35)52-50(54-51)36-17-8-3-9-18-36/h1-32H. The maximum Gasteiger partial charge on any atom is 0.165 e. The van der Waals surface area contributed by atoms with E-state index in [0.29, 0.717) is 17.5 Å². The fourth-order valence-electron chi connectivity index (χ4n) is 7.95. The molecule has 0 unspecified atom stereocenters. The van der Waals surface area contributed by atoms with Gasteiger partial charge in [0, 0.05) is 53.3 Å². The highest BCUT2D eigenvalue weighted by Gasteiger charge is 2.18. The molecule has 11 rings (SSSR count). The second-order valence-electron chi connectivity index (χ2n) is 14.0. The largest absolute Gasteiger partial charge is 0.309 e. The van der Waals surface area contributed by atoms with Crippen LogP contribution in [0.4, 0.5) is 0 Å². The molecule has 0 spiro atoms. The lowest BCUT2D eigenvalue weighted by atomic mass is 10.0. The van der Waals surface area contributed by atoms with Gasteiger partial charge in [0.2, 0.25) is 0 Å². The number of benzene rings is 8. The highest BCUT2D eigenvalue weighted by atomic mass is 32.1. The van der Waals surface area contributed by atoms with Crippen molar-refractivity contribution in [2.24, 2.45) is 0 Å². The van der Waals surface area contributed by atoms with Crippen molar-refractivity contribution in [3.8, 4) is 62.1 Å². The van der Waals surface area contributed by atoms with Crippen LogP contribution in [-0.2, 0) is 0 Å². The van der Waals surface area contributed by atoms with Gasteiger partial charge in [0.25, 0.3) is 0 Å². The van der Waals surface area contributed by atoms with Crippen molar-refractivity contribution in [2.75, 3.05) is 0 Å². The molecule has 0 atom stereocenters. The first-order valence-corrected chi connectivity index (χ1v) is 19.6. The Hall–Kier alpha value is -7.21. The van der Waals surface area contributed by atoms with E-state index in [-0.39, 0.29) is 0 Å². The number of rotatable bonds is 6. The summed E-state index contributed by atoms with van der Waals surface area (Å²) in [5, 5.41) is 4.91. The second kappa shape index (κ2) is 13.3. The van der Waals surface area contributed by atoms with E-state index in [1.54, 1.807) is 11.3 Å². The topological polar surface area (TPSA) is 43.6 Å². The van der Waals surface area contributed by atoms with Gasteiger partial charge in [0.05, 0.1) is 11.0 Å². The molecule has 0 aliphatic rings. The molecule has 0 radical (unpaired) electrons. The van der Waals surface area contributed by atoms with Crippen molar-refractivity contribution >= 4 is 53.3 Å². The molecule has 0 aliphatic carbocycles. The third kappa shape index (κ3) is 5.48. The quantitative estimate of drug-likeness (QED) is 0.171. The molecule has 0 amide bonds. The minimum absolute atomic E-state index is 0.663. The average molecular weight is 733 g/mol. The molecule has 11 aromatic rings. The first-order chi connectivity index (χ1) is 27.7. The van der Waals surface area contributed by atoms with E-state index < -0.39 is 0 Å². The predicted octanol–water partition coefficient (Wildman–Crippen LogP) is 13.7. The van der Waals surface area contributed by atoms with E-state index in [4.69, 9.17) is 15.0 Å². The summed E-state index contributed by atoms with van der Waals surface area (Å²) in [4.78, 5) is 15.0. The summed E-state index contributed by atoms with van der Waals surface area (Å²) >= 11 is 1.80. The molecule has 4 nitrogen and oxygen atoms in total. The summed E-state index contributed by atoms with van der Waals surface area (Å²) in [5.74, 6) is 2.00. The summed E-state index contributed by atoms with van der Waals surface area (Å²) < 4.78 is 4.78. The molecule has 262 valence electrons. The summed E-state index contributed by atoms with van der Waals surface area (Å²) in [7, 11) is 0. The van der Waals surface area contributed by atoms with Crippen molar-refractivity contribution < 1.29 is 0 Å². The lowest BCUT2D eigenvalue weighted by Crippen LogP contribution is -2.00. The van der Waals surface area contributed by atoms with Crippen LogP contribution in [0.5, 0.6) is 0 Å². The molecular weight excluding hydrogens is 701 g/mol. The molecule has 56 heavy (non-hydrogen) atoms. The minimum Gasteiger partial charge on any atom is -0.309 e. The van der Waals surface area contributed by atoms with Crippen LogP contribution in [0.15, 0.2) is 194 Å². The Morgan fingerprint density at radius 3 is 1.59 bits per heavy atom. The molecule has 8 aromatic carbocycles. The minimum atomic E-state index is 0.663. The Bertz CT molecular complexity index is 3160.